The average Bonchev–Trinajstić information content (AvgIpc) is 2.05. The lowest BCUT2D eigenvalue weighted by Gasteiger charge is -2.27. The van der Waals surface area contributed by atoms with Gasteiger partial charge in [0.1, 0.15) is 0 Å². The average molecular weight is 186 g/mol. The second-order valence-corrected chi connectivity index (χ2v) is 3.36. The van der Waals surface area contributed by atoms with Crippen LogP contribution in [0.15, 0.2) is 0 Å². The summed E-state index contributed by atoms with van der Waals surface area (Å²) in [4.78, 5) is 13.3. The van der Waals surface area contributed by atoms with Gasteiger partial charge in [-0.15, -0.1) is 0 Å². The maximum Gasteiger partial charge on any atom is 0.234 e. The van der Waals surface area contributed by atoms with Crippen molar-refractivity contribution in [2.24, 2.45) is 5.73 Å². The predicted molar refractivity (Wildman–Crippen MR) is 55.4 cm³/mol. The van der Waals surface area contributed by atoms with E-state index in [9.17, 15) is 4.79 Å². The molecule has 0 aromatic carbocycles. The van der Waals surface area contributed by atoms with E-state index in [1.165, 1.54) is 0 Å². The Balaban J connectivity index is 4.20. The van der Waals surface area contributed by atoms with Gasteiger partial charge in [0.05, 0.1) is 6.04 Å². The molecule has 1 atom stereocenters. The molecule has 0 heterocycles. The summed E-state index contributed by atoms with van der Waals surface area (Å²) in [6.45, 7) is 8.19. The van der Waals surface area contributed by atoms with Crippen LogP contribution in [-0.2, 0) is 4.79 Å². The minimum absolute atomic E-state index is 0.0695. The number of amides is 1. The van der Waals surface area contributed by atoms with Gasteiger partial charge in [-0.3, -0.25) is 9.69 Å². The summed E-state index contributed by atoms with van der Waals surface area (Å²) in [6.07, 6.45) is 2.96. The highest BCUT2D eigenvalue weighted by Crippen LogP contribution is 2.05. The van der Waals surface area contributed by atoms with Crippen LogP contribution >= 0.6 is 0 Å². The Morgan fingerprint density at radius 2 is 1.69 bits per heavy atom. The first kappa shape index (κ1) is 12.4. The predicted octanol–water partition coefficient (Wildman–Crippen LogP) is 1.37. The third-order valence-corrected chi connectivity index (χ3v) is 2.18. The molecule has 0 radical (unpaired) electrons. The summed E-state index contributed by atoms with van der Waals surface area (Å²) in [5.41, 5.74) is 5.33. The fourth-order valence-electron chi connectivity index (χ4n) is 1.64. The van der Waals surface area contributed by atoms with Gasteiger partial charge >= 0.3 is 0 Å². The molecule has 0 aromatic rings. The molecule has 13 heavy (non-hydrogen) atoms. The van der Waals surface area contributed by atoms with Gasteiger partial charge in [-0.2, -0.15) is 0 Å². The highest BCUT2D eigenvalue weighted by Gasteiger charge is 2.19. The number of hydrogen-bond donors (Lipinski definition) is 1. The number of nitrogens with two attached hydrogens (primary N) is 1. The van der Waals surface area contributed by atoms with Gasteiger partial charge in [0, 0.05) is 0 Å². The smallest absolute Gasteiger partial charge is 0.234 e. The number of primary amides is 1. The van der Waals surface area contributed by atoms with Crippen molar-refractivity contribution in [1.82, 2.24) is 4.90 Å². The largest absolute Gasteiger partial charge is 0.368 e. The summed E-state index contributed by atoms with van der Waals surface area (Å²) >= 11 is 0. The van der Waals surface area contributed by atoms with Crippen molar-refractivity contribution in [1.29, 1.82) is 0 Å². The van der Waals surface area contributed by atoms with Gasteiger partial charge in [0.15, 0.2) is 0 Å². The van der Waals surface area contributed by atoms with Crippen LogP contribution in [0.1, 0.15) is 40.0 Å². The zero-order valence-corrected chi connectivity index (χ0v) is 9.05. The van der Waals surface area contributed by atoms with Crippen LogP contribution in [0.5, 0.6) is 0 Å². The summed E-state index contributed by atoms with van der Waals surface area (Å²) in [6, 6.07) is -0.0695. The molecule has 0 aromatic heterocycles. The van der Waals surface area contributed by atoms with Gasteiger partial charge in [-0.25, -0.2) is 0 Å². The molecule has 0 aliphatic carbocycles. The van der Waals surface area contributed by atoms with Crippen molar-refractivity contribution in [3.63, 3.8) is 0 Å². The first-order valence-electron chi connectivity index (χ1n) is 5.20. The molecular weight excluding hydrogens is 164 g/mol. The molecule has 0 aliphatic rings. The molecule has 78 valence electrons. The first-order chi connectivity index (χ1) is 6.17. The molecule has 0 saturated carbocycles. The van der Waals surface area contributed by atoms with Gasteiger partial charge in [0.25, 0.3) is 0 Å². The van der Waals surface area contributed by atoms with E-state index in [0.717, 1.165) is 32.4 Å². The van der Waals surface area contributed by atoms with Gasteiger partial charge in [0.2, 0.25) is 5.91 Å². The molecule has 1 unspecified atom stereocenters. The van der Waals surface area contributed by atoms with Crippen molar-refractivity contribution >= 4 is 5.91 Å². The molecule has 0 spiro atoms. The highest BCUT2D eigenvalue weighted by atomic mass is 16.1. The van der Waals surface area contributed by atoms with Gasteiger partial charge < -0.3 is 5.73 Å². The van der Waals surface area contributed by atoms with E-state index < -0.39 is 0 Å². The monoisotopic (exact) mass is 186 g/mol. The standard InChI is InChI=1S/C10H22N2O/c1-4-7-12(8-5-2)9(6-3)10(11)13/h9H,4-8H2,1-3H3,(H2,11,13). The second-order valence-electron chi connectivity index (χ2n) is 3.36. The third kappa shape index (κ3) is 4.27. The Hall–Kier alpha value is -0.570. The van der Waals surface area contributed by atoms with Crippen molar-refractivity contribution in [2.45, 2.75) is 46.1 Å². The topological polar surface area (TPSA) is 46.3 Å². The van der Waals surface area contributed by atoms with Crippen molar-refractivity contribution in [3.8, 4) is 0 Å². The Morgan fingerprint density at radius 3 is 1.92 bits per heavy atom. The fraction of sp³-hybridized carbons (Fsp3) is 0.900. The van der Waals surface area contributed by atoms with E-state index >= 15 is 0 Å². The molecule has 1 amide bonds. The lowest BCUT2D eigenvalue weighted by molar-refractivity contribution is -0.123. The SMILES string of the molecule is CCCN(CCC)C(CC)C(N)=O. The fourth-order valence-corrected chi connectivity index (χ4v) is 1.64. The normalized spacial score (nSPS) is 13.2. The van der Waals surface area contributed by atoms with Crippen molar-refractivity contribution < 1.29 is 4.79 Å². The van der Waals surface area contributed by atoms with Gasteiger partial charge in [-0.1, -0.05) is 20.8 Å². The van der Waals surface area contributed by atoms with Crippen LogP contribution in [0.25, 0.3) is 0 Å². The van der Waals surface area contributed by atoms with Crippen molar-refractivity contribution in [2.75, 3.05) is 13.1 Å². The molecular formula is C10H22N2O. The van der Waals surface area contributed by atoms with E-state index in [-0.39, 0.29) is 11.9 Å². The van der Waals surface area contributed by atoms with E-state index in [4.69, 9.17) is 5.73 Å². The Kier molecular flexibility index (Phi) is 6.59. The van der Waals surface area contributed by atoms with E-state index in [0.29, 0.717) is 0 Å². The molecule has 3 nitrogen and oxygen atoms in total. The molecule has 3 heteroatoms. The summed E-state index contributed by atoms with van der Waals surface area (Å²) in [7, 11) is 0. The maximum absolute atomic E-state index is 11.1. The molecule has 2 N–H and O–H groups in total. The van der Waals surface area contributed by atoms with Crippen LogP contribution < -0.4 is 5.73 Å². The highest BCUT2D eigenvalue weighted by molar-refractivity contribution is 5.79. The van der Waals surface area contributed by atoms with E-state index in [1.807, 2.05) is 6.92 Å². The lowest BCUT2D eigenvalue weighted by atomic mass is 10.1. The first-order valence-corrected chi connectivity index (χ1v) is 5.20. The molecule has 0 saturated heterocycles. The Morgan fingerprint density at radius 1 is 1.23 bits per heavy atom. The summed E-state index contributed by atoms with van der Waals surface area (Å²) < 4.78 is 0. The number of carbonyl (C=O) groups is 1. The minimum Gasteiger partial charge on any atom is -0.368 e. The summed E-state index contributed by atoms with van der Waals surface area (Å²) in [5.74, 6) is -0.190. The quantitative estimate of drug-likeness (QED) is 0.652. The molecule has 0 rings (SSSR count). The van der Waals surface area contributed by atoms with E-state index in [2.05, 4.69) is 18.7 Å². The van der Waals surface area contributed by atoms with Crippen LogP contribution in [0.3, 0.4) is 0 Å². The number of rotatable bonds is 7. The number of nitrogens with zero attached hydrogens (tertiary/aromatic N) is 1. The van der Waals surface area contributed by atoms with Crippen LogP contribution in [0.2, 0.25) is 0 Å². The second kappa shape index (κ2) is 6.89. The minimum atomic E-state index is -0.190. The zero-order chi connectivity index (χ0) is 10.3. The Labute approximate surface area is 81.3 Å². The summed E-state index contributed by atoms with van der Waals surface area (Å²) in [5, 5.41) is 0. The van der Waals surface area contributed by atoms with Crippen molar-refractivity contribution in [3.05, 3.63) is 0 Å². The number of carbonyl (C=O) groups excluding carboxylic acids is 1. The van der Waals surface area contributed by atoms with E-state index in [1.54, 1.807) is 0 Å². The third-order valence-electron chi connectivity index (χ3n) is 2.18. The van der Waals surface area contributed by atoms with Crippen LogP contribution in [0.4, 0.5) is 0 Å². The van der Waals surface area contributed by atoms with Gasteiger partial charge in [-0.05, 0) is 32.4 Å². The molecule has 0 fully saturated rings. The maximum atomic E-state index is 11.1. The number of hydrogen-bond acceptors (Lipinski definition) is 2. The van der Waals surface area contributed by atoms with Crippen LogP contribution in [0, 0.1) is 0 Å². The zero-order valence-electron chi connectivity index (χ0n) is 9.05. The Bertz CT molecular complexity index is 142. The molecule has 0 bridgehead atoms. The lowest BCUT2D eigenvalue weighted by Crippen LogP contribution is -2.45. The molecule has 0 aliphatic heterocycles. The van der Waals surface area contributed by atoms with Crippen LogP contribution in [-0.4, -0.2) is 29.9 Å².